The van der Waals surface area contributed by atoms with E-state index in [0.717, 1.165) is 25.8 Å². The van der Waals surface area contributed by atoms with Crippen molar-refractivity contribution in [2.45, 2.75) is 41.4 Å². The monoisotopic (exact) mass is 468 g/mol. The van der Waals surface area contributed by atoms with E-state index in [0.29, 0.717) is 12.3 Å². The molecule has 0 atom stereocenters. The predicted octanol–water partition coefficient (Wildman–Crippen LogP) is 4.24. The minimum absolute atomic E-state index is 0.0265. The van der Waals surface area contributed by atoms with E-state index in [-0.39, 0.29) is 32.9 Å². The van der Waals surface area contributed by atoms with Crippen LogP contribution in [0.25, 0.3) is 0 Å². The van der Waals surface area contributed by atoms with Gasteiger partial charge in [-0.15, -0.1) is 4.40 Å². The summed E-state index contributed by atoms with van der Waals surface area (Å²) in [7, 11) is -2.16. The maximum Gasteiger partial charge on any atom is 0.290 e. The van der Waals surface area contributed by atoms with Crippen molar-refractivity contribution in [1.82, 2.24) is 9.88 Å². The Morgan fingerprint density at radius 3 is 2.81 bits per heavy atom. The van der Waals surface area contributed by atoms with Gasteiger partial charge in [-0.05, 0) is 54.9 Å². The Kier molecular flexibility index (Phi) is 7.60. The van der Waals surface area contributed by atoms with Crippen molar-refractivity contribution in [3.05, 3.63) is 48.2 Å². The van der Waals surface area contributed by atoms with Crippen LogP contribution in [-0.4, -0.2) is 49.4 Å². The van der Waals surface area contributed by atoms with Crippen molar-refractivity contribution in [1.29, 1.82) is 0 Å². The maximum atomic E-state index is 12.8. The van der Waals surface area contributed by atoms with Crippen molar-refractivity contribution in [3.63, 3.8) is 0 Å². The number of nitrogens with zero attached hydrogens (tertiary/aromatic N) is 3. The number of carbonyl (C=O) groups is 1. The SMILES string of the molecule is CN1CCCCC/C1=N\S(=O)(=O)c1cccc(NC(=O)c2cccnc2SC(F)F)c1. The molecule has 1 aliphatic rings. The highest BCUT2D eigenvalue weighted by molar-refractivity contribution is 7.99. The number of likely N-dealkylation sites (tertiary alicyclic amines) is 1. The molecule has 1 aromatic heterocycles. The van der Waals surface area contributed by atoms with Crippen molar-refractivity contribution < 1.29 is 22.0 Å². The van der Waals surface area contributed by atoms with Crippen LogP contribution in [0.1, 0.15) is 36.0 Å². The first kappa shape index (κ1) is 23.1. The number of pyridine rings is 1. The molecule has 0 bridgehead atoms. The Morgan fingerprint density at radius 2 is 2.03 bits per heavy atom. The summed E-state index contributed by atoms with van der Waals surface area (Å²) in [6.45, 7) is 0.745. The van der Waals surface area contributed by atoms with Gasteiger partial charge in [-0.1, -0.05) is 12.5 Å². The summed E-state index contributed by atoms with van der Waals surface area (Å²) in [5, 5.41) is 2.44. The smallest absolute Gasteiger partial charge is 0.290 e. The first-order chi connectivity index (χ1) is 14.8. The van der Waals surface area contributed by atoms with Gasteiger partial charge in [0.2, 0.25) is 0 Å². The van der Waals surface area contributed by atoms with E-state index in [2.05, 4.69) is 14.7 Å². The van der Waals surface area contributed by atoms with Crippen LogP contribution in [0.4, 0.5) is 14.5 Å². The van der Waals surface area contributed by atoms with Gasteiger partial charge in [0.15, 0.2) is 0 Å². The van der Waals surface area contributed by atoms with Gasteiger partial charge in [0.1, 0.15) is 10.9 Å². The average molecular weight is 469 g/mol. The molecular weight excluding hydrogens is 446 g/mol. The van der Waals surface area contributed by atoms with Gasteiger partial charge in [-0.25, -0.2) is 4.98 Å². The zero-order valence-corrected chi connectivity index (χ0v) is 18.4. The number of nitrogens with one attached hydrogen (secondary N) is 1. The standard InChI is InChI=1S/C20H22F2N4O3S2/c1-26-12-4-2-3-10-17(26)25-31(28,29)15-8-5-7-14(13-15)24-18(27)16-9-6-11-23-19(16)30-20(21)22/h5-9,11,13,20H,2-4,10,12H2,1H3,(H,24,27)/b25-17+. The highest BCUT2D eigenvalue weighted by Crippen LogP contribution is 2.27. The number of alkyl halides is 2. The molecule has 3 rings (SSSR count). The van der Waals surface area contributed by atoms with Gasteiger partial charge in [0.25, 0.3) is 21.7 Å². The summed E-state index contributed by atoms with van der Waals surface area (Å²) < 4.78 is 55.1. The lowest BCUT2D eigenvalue weighted by Crippen LogP contribution is -2.26. The normalized spacial score (nSPS) is 16.4. The number of hydrogen-bond donors (Lipinski definition) is 1. The molecule has 11 heteroatoms. The van der Waals surface area contributed by atoms with Crippen molar-refractivity contribution in [2.24, 2.45) is 4.40 Å². The number of anilines is 1. The van der Waals surface area contributed by atoms with E-state index < -0.39 is 21.7 Å². The number of thioether (sulfide) groups is 1. The summed E-state index contributed by atoms with van der Waals surface area (Å²) in [6.07, 6.45) is 4.78. The molecule has 0 saturated carbocycles. The largest absolute Gasteiger partial charge is 0.362 e. The summed E-state index contributed by atoms with van der Waals surface area (Å²) in [5.41, 5.74) is 0.179. The number of sulfonamides is 1. The zero-order chi connectivity index (χ0) is 22.4. The summed E-state index contributed by atoms with van der Waals surface area (Å²) in [5.74, 6) is -2.88. The second-order valence-corrected chi connectivity index (χ2v) is 9.51. The van der Waals surface area contributed by atoms with Crippen LogP contribution in [0, 0.1) is 0 Å². The number of aromatic nitrogens is 1. The Hall–Kier alpha value is -2.53. The van der Waals surface area contributed by atoms with E-state index >= 15 is 0 Å². The number of rotatable bonds is 6. The molecule has 1 saturated heterocycles. The minimum Gasteiger partial charge on any atom is -0.362 e. The first-order valence-corrected chi connectivity index (χ1v) is 11.9. The van der Waals surface area contributed by atoms with Gasteiger partial charge >= 0.3 is 0 Å². The van der Waals surface area contributed by atoms with E-state index in [4.69, 9.17) is 0 Å². The Morgan fingerprint density at radius 1 is 1.23 bits per heavy atom. The quantitative estimate of drug-likeness (QED) is 0.638. The van der Waals surface area contributed by atoms with Crippen LogP contribution in [0.15, 0.2) is 56.9 Å². The molecule has 1 aliphatic heterocycles. The summed E-state index contributed by atoms with van der Waals surface area (Å²) in [6, 6.07) is 8.53. The summed E-state index contributed by atoms with van der Waals surface area (Å²) >= 11 is 0.169. The summed E-state index contributed by atoms with van der Waals surface area (Å²) in [4.78, 5) is 18.2. The fraction of sp³-hybridized carbons (Fsp3) is 0.350. The van der Waals surface area contributed by atoms with E-state index in [1.54, 1.807) is 0 Å². The highest BCUT2D eigenvalue weighted by Gasteiger charge is 2.20. The third-order valence-electron chi connectivity index (χ3n) is 4.67. The number of hydrogen-bond acceptors (Lipinski definition) is 5. The zero-order valence-electron chi connectivity index (χ0n) is 16.8. The van der Waals surface area contributed by atoms with E-state index in [1.165, 1.54) is 42.6 Å². The fourth-order valence-corrected chi connectivity index (χ4v) is 4.83. The minimum atomic E-state index is -3.98. The first-order valence-electron chi connectivity index (χ1n) is 9.62. The molecule has 2 heterocycles. The van der Waals surface area contributed by atoms with Crippen molar-refractivity contribution >= 4 is 39.2 Å². The Balaban J connectivity index is 1.83. The van der Waals surface area contributed by atoms with Crippen LogP contribution >= 0.6 is 11.8 Å². The molecule has 0 radical (unpaired) electrons. The fourth-order valence-electron chi connectivity index (χ4n) is 3.11. The molecule has 0 spiro atoms. The predicted molar refractivity (Wildman–Crippen MR) is 116 cm³/mol. The van der Waals surface area contributed by atoms with Gasteiger partial charge in [-0.3, -0.25) is 4.79 Å². The molecular formula is C20H22F2N4O3S2. The van der Waals surface area contributed by atoms with Crippen molar-refractivity contribution in [3.8, 4) is 0 Å². The topological polar surface area (TPSA) is 91.7 Å². The van der Waals surface area contributed by atoms with Gasteiger partial charge < -0.3 is 10.2 Å². The second-order valence-electron chi connectivity index (χ2n) is 6.93. The molecule has 31 heavy (non-hydrogen) atoms. The molecule has 0 aliphatic carbocycles. The maximum absolute atomic E-state index is 12.8. The molecule has 166 valence electrons. The van der Waals surface area contributed by atoms with Crippen LogP contribution in [0.3, 0.4) is 0 Å². The molecule has 7 nitrogen and oxygen atoms in total. The number of carbonyl (C=O) groups excluding carboxylic acids is 1. The Labute approximate surface area is 184 Å². The lowest BCUT2D eigenvalue weighted by atomic mass is 10.2. The van der Waals surface area contributed by atoms with E-state index in [1.807, 2.05) is 11.9 Å². The van der Waals surface area contributed by atoms with Crippen molar-refractivity contribution in [2.75, 3.05) is 18.9 Å². The lowest BCUT2D eigenvalue weighted by Gasteiger charge is -2.17. The number of amides is 1. The lowest BCUT2D eigenvalue weighted by molar-refractivity contribution is 0.102. The number of amidine groups is 1. The van der Waals surface area contributed by atoms with E-state index in [9.17, 15) is 22.0 Å². The van der Waals surface area contributed by atoms with Crippen LogP contribution in [0.2, 0.25) is 0 Å². The second kappa shape index (κ2) is 10.2. The van der Waals surface area contributed by atoms with Gasteiger partial charge in [-0.2, -0.15) is 17.2 Å². The molecule has 1 amide bonds. The molecule has 2 aromatic rings. The molecule has 0 unspecified atom stereocenters. The van der Waals surface area contributed by atoms with Crippen LogP contribution < -0.4 is 5.32 Å². The number of benzene rings is 1. The van der Waals surface area contributed by atoms with Gasteiger partial charge in [0.05, 0.1) is 10.5 Å². The molecule has 1 aromatic carbocycles. The Bertz CT molecular complexity index is 1080. The molecule has 1 N–H and O–H groups in total. The highest BCUT2D eigenvalue weighted by atomic mass is 32.2. The number of halogens is 2. The third kappa shape index (κ3) is 6.23. The third-order valence-corrected chi connectivity index (χ3v) is 6.69. The van der Waals surface area contributed by atoms with Gasteiger partial charge in [0, 0.05) is 31.9 Å². The average Bonchev–Trinajstić information content (AvgIpc) is 2.92. The van der Waals surface area contributed by atoms with Crippen LogP contribution in [0.5, 0.6) is 0 Å². The van der Waals surface area contributed by atoms with Crippen LogP contribution in [-0.2, 0) is 10.0 Å². The molecule has 1 fully saturated rings.